The van der Waals surface area contributed by atoms with Crippen molar-refractivity contribution in [1.29, 1.82) is 0 Å². The number of alkyl halides is 2. The zero-order valence-electron chi connectivity index (χ0n) is 20.0. The molecule has 0 radical (unpaired) electrons. The number of halogens is 3. The summed E-state index contributed by atoms with van der Waals surface area (Å²) < 4.78 is 49.3. The Morgan fingerprint density at radius 2 is 1.89 bits per heavy atom. The van der Waals surface area contributed by atoms with E-state index in [9.17, 15) is 33.6 Å². The molecule has 0 aromatic heterocycles. The Hall–Kier alpha value is -2.25. The predicted octanol–water partition coefficient (Wildman–Crippen LogP) is 2.01. The predicted molar refractivity (Wildman–Crippen MR) is 124 cm³/mol. The number of nitrogens with one attached hydrogen (secondary N) is 2. The van der Waals surface area contributed by atoms with Gasteiger partial charge in [0.05, 0.1) is 17.7 Å². The molecule has 0 bridgehead atoms. The van der Waals surface area contributed by atoms with E-state index < -0.39 is 48.3 Å². The Morgan fingerprint density at radius 1 is 1.14 bits per heavy atom. The first kappa shape index (κ1) is 26.8. The summed E-state index contributed by atoms with van der Waals surface area (Å²) in [7, 11) is 0. The summed E-state index contributed by atoms with van der Waals surface area (Å²) in [6, 6.07) is 7.63. The molecule has 6 N–H and O–H groups in total. The SMILES string of the molecule is CC(C)Oc1ccc(C(F)(F)C(O)NCc2ccc3c(c2)CN(C2CC[C@H](O)N[C@@H]2O)[C@H]3O)c(F)c1. The molecule has 2 aliphatic heterocycles. The molecule has 198 valence electrons. The summed E-state index contributed by atoms with van der Waals surface area (Å²) in [5.74, 6) is -4.97. The largest absolute Gasteiger partial charge is 0.491 e. The van der Waals surface area contributed by atoms with E-state index in [0.717, 1.165) is 17.7 Å². The van der Waals surface area contributed by atoms with Gasteiger partial charge in [0.1, 0.15) is 30.3 Å². The van der Waals surface area contributed by atoms with Gasteiger partial charge in [0, 0.05) is 19.2 Å². The van der Waals surface area contributed by atoms with Gasteiger partial charge in [-0.25, -0.2) is 4.39 Å². The highest BCUT2D eigenvalue weighted by Gasteiger charge is 2.43. The van der Waals surface area contributed by atoms with Crippen LogP contribution in [-0.4, -0.2) is 56.2 Å². The van der Waals surface area contributed by atoms with E-state index in [4.69, 9.17) is 4.74 Å². The summed E-state index contributed by atoms with van der Waals surface area (Å²) >= 11 is 0. The number of benzene rings is 2. The molecule has 8 nitrogen and oxygen atoms in total. The highest BCUT2D eigenvalue weighted by Crippen LogP contribution is 2.37. The minimum Gasteiger partial charge on any atom is -0.491 e. The van der Waals surface area contributed by atoms with E-state index in [-0.39, 0.29) is 18.4 Å². The fraction of sp³-hybridized carbons (Fsp3) is 0.520. The molecule has 0 spiro atoms. The maximum Gasteiger partial charge on any atom is 0.314 e. The number of rotatable bonds is 8. The smallest absolute Gasteiger partial charge is 0.314 e. The molecule has 0 amide bonds. The van der Waals surface area contributed by atoms with E-state index in [1.54, 1.807) is 36.9 Å². The van der Waals surface area contributed by atoms with Crippen LogP contribution in [0.1, 0.15) is 55.2 Å². The second-order valence-corrected chi connectivity index (χ2v) is 9.57. The van der Waals surface area contributed by atoms with Crippen molar-refractivity contribution in [3.8, 4) is 5.75 Å². The van der Waals surface area contributed by atoms with Crippen LogP contribution in [-0.2, 0) is 19.0 Å². The van der Waals surface area contributed by atoms with Crippen LogP contribution in [0, 0.1) is 5.82 Å². The molecule has 1 saturated heterocycles. The lowest BCUT2D eigenvalue weighted by Crippen LogP contribution is -2.56. The summed E-state index contributed by atoms with van der Waals surface area (Å²) in [5, 5.41) is 45.8. The van der Waals surface area contributed by atoms with Gasteiger partial charge in [-0.05, 0) is 55.5 Å². The second-order valence-electron chi connectivity index (χ2n) is 9.57. The quantitative estimate of drug-likeness (QED) is 0.298. The van der Waals surface area contributed by atoms with Crippen LogP contribution >= 0.6 is 0 Å². The van der Waals surface area contributed by atoms with Crippen LogP contribution in [0.4, 0.5) is 13.2 Å². The summed E-state index contributed by atoms with van der Waals surface area (Å²) in [4.78, 5) is 1.71. The summed E-state index contributed by atoms with van der Waals surface area (Å²) in [5.41, 5.74) is 1.02. The molecule has 2 aromatic carbocycles. The fourth-order valence-electron chi connectivity index (χ4n) is 4.75. The standard InChI is InChI=1S/C25H32F3N3O5/c1-13(2)36-16-4-6-18(19(26)10-16)25(27,28)24(35)29-11-14-3-5-17-15(9-14)12-31(23(17)34)20-7-8-21(32)30-22(20)33/h3-6,9-10,13,20-24,29-30,32-35H,7-8,11-12H2,1-2H3/t20?,21-,22+,23-,24?/m0/s1. The topological polar surface area (TPSA) is 117 Å². The number of aliphatic hydroxyl groups is 4. The molecular formula is C25H32F3N3O5. The normalized spacial score (nSPS) is 25.7. The summed E-state index contributed by atoms with van der Waals surface area (Å²) in [6.45, 7) is 3.65. The fourth-order valence-corrected chi connectivity index (χ4v) is 4.75. The number of ether oxygens (including phenoxy) is 1. The van der Waals surface area contributed by atoms with Crippen molar-refractivity contribution in [1.82, 2.24) is 15.5 Å². The highest BCUT2D eigenvalue weighted by molar-refractivity contribution is 5.37. The van der Waals surface area contributed by atoms with Gasteiger partial charge in [-0.15, -0.1) is 0 Å². The first-order valence-corrected chi connectivity index (χ1v) is 11.9. The molecule has 2 unspecified atom stereocenters. The molecule has 2 aliphatic rings. The van der Waals surface area contributed by atoms with Crippen molar-refractivity contribution in [3.63, 3.8) is 0 Å². The van der Waals surface area contributed by atoms with Gasteiger partial charge in [0.25, 0.3) is 0 Å². The zero-order valence-corrected chi connectivity index (χ0v) is 20.0. The molecule has 2 aromatic rings. The molecule has 5 atom stereocenters. The van der Waals surface area contributed by atoms with Gasteiger partial charge in [-0.1, -0.05) is 18.2 Å². The molecule has 1 fully saturated rings. The van der Waals surface area contributed by atoms with Gasteiger partial charge in [-0.2, -0.15) is 8.78 Å². The van der Waals surface area contributed by atoms with E-state index in [1.807, 2.05) is 0 Å². The molecule has 11 heteroatoms. The van der Waals surface area contributed by atoms with Crippen LogP contribution in [0.25, 0.3) is 0 Å². The Morgan fingerprint density at radius 3 is 2.56 bits per heavy atom. The number of hydrogen-bond donors (Lipinski definition) is 6. The Balaban J connectivity index is 1.40. The number of hydrogen-bond acceptors (Lipinski definition) is 8. The first-order valence-electron chi connectivity index (χ1n) is 11.9. The van der Waals surface area contributed by atoms with E-state index in [2.05, 4.69) is 10.6 Å². The minimum absolute atomic E-state index is 0.117. The molecular weight excluding hydrogens is 479 g/mol. The molecule has 4 rings (SSSR count). The first-order chi connectivity index (χ1) is 17.0. The van der Waals surface area contributed by atoms with Crippen molar-refractivity contribution in [2.45, 2.75) is 82.8 Å². The monoisotopic (exact) mass is 511 g/mol. The van der Waals surface area contributed by atoms with Gasteiger partial charge in [-0.3, -0.25) is 15.5 Å². The molecule has 0 saturated carbocycles. The summed E-state index contributed by atoms with van der Waals surface area (Å²) in [6.07, 6.45) is -4.47. The zero-order chi connectivity index (χ0) is 26.2. The van der Waals surface area contributed by atoms with Crippen molar-refractivity contribution in [2.75, 3.05) is 0 Å². The number of aliphatic hydroxyl groups excluding tert-OH is 4. The number of nitrogens with zero attached hydrogens (tertiary/aromatic N) is 1. The van der Waals surface area contributed by atoms with Crippen LogP contribution in [0.5, 0.6) is 5.75 Å². The maximum absolute atomic E-state index is 14.8. The lowest BCUT2D eigenvalue weighted by atomic mass is 10.0. The Kier molecular flexibility index (Phi) is 7.91. The molecule has 36 heavy (non-hydrogen) atoms. The van der Waals surface area contributed by atoms with Gasteiger partial charge in [0.2, 0.25) is 0 Å². The van der Waals surface area contributed by atoms with Crippen molar-refractivity contribution in [3.05, 3.63) is 64.5 Å². The number of piperidine rings is 1. The van der Waals surface area contributed by atoms with Crippen LogP contribution < -0.4 is 15.4 Å². The minimum atomic E-state index is -3.90. The van der Waals surface area contributed by atoms with Crippen LogP contribution in [0.2, 0.25) is 0 Å². The lowest BCUT2D eigenvalue weighted by Gasteiger charge is -2.39. The third kappa shape index (κ3) is 5.52. The van der Waals surface area contributed by atoms with Crippen molar-refractivity contribution in [2.24, 2.45) is 0 Å². The van der Waals surface area contributed by atoms with Gasteiger partial charge < -0.3 is 25.2 Å². The average Bonchev–Trinajstić information content (AvgIpc) is 3.12. The van der Waals surface area contributed by atoms with Gasteiger partial charge >= 0.3 is 5.92 Å². The van der Waals surface area contributed by atoms with E-state index >= 15 is 0 Å². The van der Waals surface area contributed by atoms with Crippen molar-refractivity contribution >= 4 is 0 Å². The van der Waals surface area contributed by atoms with E-state index in [0.29, 0.717) is 30.5 Å². The van der Waals surface area contributed by atoms with Gasteiger partial charge in [0.15, 0.2) is 6.23 Å². The third-order valence-corrected chi connectivity index (χ3v) is 6.56. The average molecular weight is 512 g/mol. The van der Waals surface area contributed by atoms with E-state index in [1.165, 1.54) is 6.07 Å². The number of fused-ring (bicyclic) bond motifs is 1. The third-order valence-electron chi connectivity index (χ3n) is 6.56. The molecule has 2 heterocycles. The molecule has 0 aliphatic carbocycles. The lowest BCUT2D eigenvalue weighted by molar-refractivity contribution is -0.131. The van der Waals surface area contributed by atoms with Crippen LogP contribution in [0.15, 0.2) is 36.4 Å². The highest BCUT2D eigenvalue weighted by atomic mass is 19.3. The van der Waals surface area contributed by atoms with Crippen molar-refractivity contribution < 1.29 is 38.3 Å². The Bertz CT molecular complexity index is 1070. The maximum atomic E-state index is 14.8. The Labute approximate surface area is 207 Å². The van der Waals surface area contributed by atoms with Crippen LogP contribution in [0.3, 0.4) is 0 Å². The second kappa shape index (κ2) is 10.6.